The van der Waals surface area contributed by atoms with Crippen LogP contribution in [0, 0.1) is 6.92 Å². The van der Waals surface area contributed by atoms with Crippen molar-refractivity contribution in [2.75, 3.05) is 5.32 Å². The first-order valence-electron chi connectivity index (χ1n) is 4.22. The number of carbonyl (C=O) groups excluding carboxylic acids is 1. The Kier molecular flexibility index (Phi) is 3.56. The van der Waals surface area contributed by atoms with Gasteiger partial charge in [-0.15, -0.1) is 0 Å². The molecule has 0 spiro atoms. The van der Waals surface area contributed by atoms with E-state index in [1.54, 1.807) is 12.1 Å². The van der Waals surface area contributed by atoms with Gasteiger partial charge in [0.2, 0.25) is 5.91 Å². The molecule has 0 saturated carbocycles. The summed E-state index contributed by atoms with van der Waals surface area (Å²) in [4.78, 5) is 25.2. The van der Waals surface area contributed by atoms with E-state index in [1.807, 2.05) is 6.92 Å². The molecule has 1 aromatic heterocycles. The van der Waals surface area contributed by atoms with Crippen LogP contribution in [0.15, 0.2) is 30.5 Å². The number of hydrogen-bond acceptors (Lipinski definition) is 3. The van der Waals surface area contributed by atoms with Crippen molar-refractivity contribution in [3.05, 3.63) is 36.2 Å². The van der Waals surface area contributed by atoms with Crippen LogP contribution in [-0.2, 0) is 9.59 Å². The normalized spacial score (nSPS) is 10.2. The number of aryl methyl sites for hydroxylation is 1. The molecule has 5 nitrogen and oxygen atoms in total. The molecule has 0 radical (unpaired) electrons. The monoisotopic (exact) mass is 206 g/mol. The van der Waals surface area contributed by atoms with Gasteiger partial charge in [-0.3, -0.25) is 9.78 Å². The highest BCUT2D eigenvalue weighted by atomic mass is 16.4. The summed E-state index contributed by atoms with van der Waals surface area (Å²) >= 11 is 0. The molecule has 0 atom stereocenters. The number of carbonyl (C=O) groups is 2. The maximum Gasteiger partial charge on any atom is 0.328 e. The molecule has 5 heteroatoms. The van der Waals surface area contributed by atoms with Gasteiger partial charge in [-0.2, -0.15) is 0 Å². The van der Waals surface area contributed by atoms with E-state index in [9.17, 15) is 9.59 Å². The van der Waals surface area contributed by atoms with Gasteiger partial charge in [0.15, 0.2) is 0 Å². The quantitative estimate of drug-likeness (QED) is 0.722. The third-order valence-electron chi connectivity index (χ3n) is 1.56. The van der Waals surface area contributed by atoms with Crippen molar-refractivity contribution in [3.8, 4) is 0 Å². The van der Waals surface area contributed by atoms with Gasteiger partial charge in [-0.1, -0.05) is 0 Å². The van der Waals surface area contributed by atoms with Crippen LogP contribution in [-0.4, -0.2) is 22.0 Å². The number of hydrogen-bond donors (Lipinski definition) is 2. The molecule has 0 aromatic carbocycles. The van der Waals surface area contributed by atoms with Crippen LogP contribution in [0.1, 0.15) is 5.69 Å². The summed E-state index contributed by atoms with van der Waals surface area (Å²) in [5.41, 5.74) is 1.37. The molecule has 0 saturated heterocycles. The fraction of sp³-hybridized carbons (Fsp3) is 0.100. The van der Waals surface area contributed by atoms with E-state index in [2.05, 4.69) is 10.3 Å². The van der Waals surface area contributed by atoms with Crippen LogP contribution < -0.4 is 5.32 Å². The lowest BCUT2D eigenvalue weighted by Gasteiger charge is -2.00. The summed E-state index contributed by atoms with van der Waals surface area (Å²) in [6.07, 6.45) is 3.22. The highest BCUT2D eigenvalue weighted by molar-refractivity contribution is 6.02. The standard InChI is InChI=1S/C10H10N2O3/c1-7-2-3-8(6-11-7)12-9(13)4-5-10(14)15/h2-6H,1H3,(H,12,13)(H,14,15)/b5-4+. The van der Waals surface area contributed by atoms with E-state index in [1.165, 1.54) is 6.20 Å². The number of rotatable bonds is 3. The smallest absolute Gasteiger partial charge is 0.328 e. The van der Waals surface area contributed by atoms with Crippen LogP contribution in [0.2, 0.25) is 0 Å². The zero-order valence-corrected chi connectivity index (χ0v) is 8.10. The number of nitrogens with one attached hydrogen (secondary N) is 1. The molecule has 0 fully saturated rings. The Balaban J connectivity index is 2.59. The van der Waals surface area contributed by atoms with Gasteiger partial charge in [0, 0.05) is 17.8 Å². The zero-order chi connectivity index (χ0) is 11.3. The number of nitrogens with zero attached hydrogens (tertiary/aromatic N) is 1. The van der Waals surface area contributed by atoms with Gasteiger partial charge < -0.3 is 10.4 Å². The second-order valence-corrected chi connectivity index (χ2v) is 2.85. The topological polar surface area (TPSA) is 79.3 Å². The van der Waals surface area contributed by atoms with Crippen molar-refractivity contribution < 1.29 is 14.7 Å². The minimum Gasteiger partial charge on any atom is -0.478 e. The van der Waals surface area contributed by atoms with Crippen molar-refractivity contribution in [2.24, 2.45) is 0 Å². The zero-order valence-electron chi connectivity index (χ0n) is 8.10. The van der Waals surface area contributed by atoms with E-state index < -0.39 is 11.9 Å². The minimum absolute atomic E-state index is 0.497. The van der Waals surface area contributed by atoms with Crippen LogP contribution in [0.5, 0.6) is 0 Å². The van der Waals surface area contributed by atoms with Gasteiger partial charge in [-0.25, -0.2) is 4.79 Å². The van der Waals surface area contributed by atoms with Crippen molar-refractivity contribution in [1.29, 1.82) is 0 Å². The van der Waals surface area contributed by atoms with Gasteiger partial charge in [0.1, 0.15) is 0 Å². The van der Waals surface area contributed by atoms with Gasteiger partial charge in [0.05, 0.1) is 11.9 Å². The molecule has 1 rings (SSSR count). The first kappa shape index (κ1) is 10.9. The molecule has 2 N–H and O–H groups in total. The van der Waals surface area contributed by atoms with Crippen LogP contribution in [0.4, 0.5) is 5.69 Å². The van der Waals surface area contributed by atoms with Crippen molar-refractivity contribution >= 4 is 17.6 Å². The van der Waals surface area contributed by atoms with Gasteiger partial charge >= 0.3 is 5.97 Å². The molecule has 1 amide bonds. The van der Waals surface area contributed by atoms with Crippen molar-refractivity contribution in [1.82, 2.24) is 4.98 Å². The number of amides is 1. The van der Waals surface area contributed by atoms with Crippen molar-refractivity contribution in [3.63, 3.8) is 0 Å². The maximum atomic E-state index is 11.1. The third kappa shape index (κ3) is 4.04. The summed E-state index contributed by atoms with van der Waals surface area (Å²) in [6, 6.07) is 3.44. The molecule has 0 bridgehead atoms. The van der Waals surface area contributed by atoms with E-state index in [4.69, 9.17) is 5.11 Å². The largest absolute Gasteiger partial charge is 0.478 e. The SMILES string of the molecule is Cc1ccc(NC(=O)/C=C/C(=O)O)cn1. The summed E-state index contributed by atoms with van der Waals surface area (Å²) in [7, 11) is 0. The molecule has 1 aromatic rings. The van der Waals surface area contributed by atoms with E-state index in [-0.39, 0.29) is 0 Å². The third-order valence-corrected chi connectivity index (χ3v) is 1.56. The van der Waals surface area contributed by atoms with E-state index in [0.29, 0.717) is 5.69 Å². The second-order valence-electron chi connectivity index (χ2n) is 2.85. The Morgan fingerprint density at radius 1 is 1.40 bits per heavy atom. The first-order chi connectivity index (χ1) is 7.08. The molecule has 0 aliphatic heterocycles. The molecule has 78 valence electrons. The first-order valence-corrected chi connectivity index (χ1v) is 4.22. The molecular formula is C10H10N2O3. The predicted octanol–water partition coefficient (Wildman–Crippen LogP) is 0.969. The fourth-order valence-electron chi connectivity index (χ4n) is 0.873. The molecule has 0 aliphatic rings. The minimum atomic E-state index is -1.16. The summed E-state index contributed by atoms with van der Waals surface area (Å²) in [5.74, 6) is -1.66. The lowest BCUT2D eigenvalue weighted by molar-refractivity contribution is -0.131. The average Bonchev–Trinajstić information content (AvgIpc) is 2.19. The number of carboxylic acid groups (broad SMARTS) is 1. The molecule has 0 aliphatic carbocycles. The number of aliphatic carboxylic acids is 1. The van der Waals surface area contributed by atoms with Crippen LogP contribution >= 0.6 is 0 Å². The van der Waals surface area contributed by atoms with Crippen molar-refractivity contribution in [2.45, 2.75) is 6.92 Å². The molecule has 15 heavy (non-hydrogen) atoms. The van der Waals surface area contributed by atoms with Gasteiger partial charge in [0.25, 0.3) is 0 Å². The average molecular weight is 206 g/mol. The lowest BCUT2D eigenvalue weighted by Crippen LogP contribution is -2.08. The number of anilines is 1. The molecular weight excluding hydrogens is 196 g/mol. The van der Waals surface area contributed by atoms with Gasteiger partial charge in [-0.05, 0) is 19.1 Å². The molecule has 0 unspecified atom stereocenters. The lowest BCUT2D eigenvalue weighted by atomic mass is 10.3. The summed E-state index contributed by atoms with van der Waals surface area (Å²) in [5, 5.41) is 10.8. The maximum absolute atomic E-state index is 11.1. The Morgan fingerprint density at radius 2 is 2.13 bits per heavy atom. The van der Waals surface area contributed by atoms with E-state index in [0.717, 1.165) is 17.8 Å². The Hall–Kier alpha value is -2.17. The number of pyridine rings is 1. The second kappa shape index (κ2) is 4.90. The summed E-state index contributed by atoms with van der Waals surface area (Å²) in [6.45, 7) is 1.83. The Morgan fingerprint density at radius 3 is 2.67 bits per heavy atom. The highest BCUT2D eigenvalue weighted by Crippen LogP contribution is 2.04. The summed E-state index contributed by atoms with van der Waals surface area (Å²) < 4.78 is 0. The van der Waals surface area contributed by atoms with Crippen LogP contribution in [0.25, 0.3) is 0 Å². The highest BCUT2D eigenvalue weighted by Gasteiger charge is 1.98. The fourth-order valence-corrected chi connectivity index (χ4v) is 0.873. The Labute approximate surface area is 86.5 Å². The van der Waals surface area contributed by atoms with E-state index >= 15 is 0 Å². The predicted molar refractivity (Wildman–Crippen MR) is 54.4 cm³/mol. The Bertz CT molecular complexity index is 396. The number of aromatic nitrogens is 1. The van der Waals surface area contributed by atoms with Crippen LogP contribution in [0.3, 0.4) is 0 Å². The number of carboxylic acids is 1. The molecule has 1 heterocycles.